The third-order valence-electron chi connectivity index (χ3n) is 3.01. The van der Waals surface area contributed by atoms with Crippen LogP contribution in [0.2, 0.25) is 0 Å². The molecule has 1 radical (unpaired) electrons. The molecule has 0 spiro atoms. The number of carbonyl (C=O) groups excluding carboxylic acids is 1. The minimum absolute atomic E-state index is 0.310. The monoisotopic (exact) mass is 188 g/mol. The molecule has 0 aromatic heterocycles. The Morgan fingerprint density at radius 2 is 2.21 bits per heavy atom. The maximum atomic E-state index is 10.5. The van der Waals surface area contributed by atoms with E-state index in [0.717, 1.165) is 24.8 Å². The van der Waals surface area contributed by atoms with Crippen molar-refractivity contribution in [1.29, 1.82) is 0 Å². The second kappa shape index (κ2) is 3.54. The van der Waals surface area contributed by atoms with Crippen LogP contribution < -0.4 is 5.73 Å². The van der Waals surface area contributed by atoms with Gasteiger partial charge in [0.25, 0.3) is 0 Å². The molecule has 0 heterocycles. The van der Waals surface area contributed by atoms with Crippen molar-refractivity contribution in [3.05, 3.63) is 35.4 Å². The van der Waals surface area contributed by atoms with Crippen molar-refractivity contribution in [3.8, 4) is 0 Å². The van der Waals surface area contributed by atoms with Crippen LogP contribution in [0.1, 0.15) is 30.4 Å². The van der Waals surface area contributed by atoms with Crippen LogP contribution in [0.4, 0.5) is 0 Å². The number of aryl methyl sites for hydroxylation is 1. The van der Waals surface area contributed by atoms with Gasteiger partial charge in [0, 0.05) is 12.0 Å². The highest BCUT2D eigenvalue weighted by Gasteiger charge is 2.31. The smallest absolute Gasteiger partial charge is 0.200 e. The van der Waals surface area contributed by atoms with Crippen molar-refractivity contribution in [3.63, 3.8) is 0 Å². The Labute approximate surface area is 84.1 Å². The zero-order valence-electron chi connectivity index (χ0n) is 8.12. The first kappa shape index (κ1) is 9.41. The van der Waals surface area contributed by atoms with E-state index in [-0.39, 0.29) is 0 Å². The van der Waals surface area contributed by atoms with Crippen molar-refractivity contribution < 1.29 is 4.79 Å². The largest absolute Gasteiger partial charge is 0.321 e. The molecule has 0 bridgehead atoms. The van der Waals surface area contributed by atoms with E-state index < -0.39 is 5.54 Å². The van der Waals surface area contributed by atoms with Crippen LogP contribution in [0, 0.1) is 0 Å². The number of hydrogen-bond donors (Lipinski definition) is 1. The highest BCUT2D eigenvalue weighted by molar-refractivity contribution is 5.55. The maximum Gasteiger partial charge on any atom is 0.200 e. The highest BCUT2D eigenvalue weighted by atomic mass is 16.1. The summed E-state index contributed by atoms with van der Waals surface area (Å²) in [5, 5.41) is 0. The number of benzene rings is 1. The van der Waals surface area contributed by atoms with Gasteiger partial charge in [-0.15, -0.1) is 0 Å². The van der Waals surface area contributed by atoms with E-state index in [1.165, 1.54) is 5.56 Å². The second-order valence-corrected chi connectivity index (χ2v) is 3.99. The third-order valence-corrected chi connectivity index (χ3v) is 3.01. The van der Waals surface area contributed by atoms with E-state index in [1.54, 1.807) is 0 Å². The van der Waals surface area contributed by atoms with Gasteiger partial charge < -0.3 is 5.73 Å². The van der Waals surface area contributed by atoms with Gasteiger partial charge in [0.15, 0.2) is 0 Å². The molecule has 1 aliphatic rings. The fourth-order valence-electron chi connectivity index (χ4n) is 2.27. The lowest BCUT2D eigenvalue weighted by atomic mass is 9.76. The van der Waals surface area contributed by atoms with E-state index >= 15 is 0 Å². The summed E-state index contributed by atoms with van der Waals surface area (Å²) in [6.45, 7) is 0. The van der Waals surface area contributed by atoms with E-state index in [0.29, 0.717) is 6.42 Å². The zero-order valence-corrected chi connectivity index (χ0v) is 8.12. The summed E-state index contributed by atoms with van der Waals surface area (Å²) in [6.07, 6.45) is 5.28. The standard InChI is InChI=1S/C12H14NO/c13-12(8-9-14)7-3-5-10-4-1-2-6-11(10)12/h1-2,4,6H,3,5,7-8,13H2. The predicted octanol–water partition coefficient (Wildman–Crippen LogP) is 1.68. The SMILES string of the molecule is NC1(C[C]=O)CCCc2ccccc21. The van der Waals surface area contributed by atoms with Crippen molar-refractivity contribution in [2.24, 2.45) is 5.73 Å². The van der Waals surface area contributed by atoms with Gasteiger partial charge in [0.05, 0.1) is 0 Å². The van der Waals surface area contributed by atoms with Crippen LogP contribution in [-0.4, -0.2) is 6.29 Å². The molecule has 0 aliphatic heterocycles. The highest BCUT2D eigenvalue weighted by Crippen LogP contribution is 2.34. The summed E-state index contributed by atoms with van der Waals surface area (Å²) in [7, 11) is 0. The molecule has 73 valence electrons. The van der Waals surface area contributed by atoms with Crippen LogP contribution >= 0.6 is 0 Å². The van der Waals surface area contributed by atoms with Gasteiger partial charge >= 0.3 is 0 Å². The summed E-state index contributed by atoms with van der Waals surface area (Å²) in [4.78, 5) is 10.5. The minimum Gasteiger partial charge on any atom is -0.321 e. The first-order chi connectivity index (χ1) is 6.76. The summed E-state index contributed by atoms with van der Waals surface area (Å²) >= 11 is 0. The Morgan fingerprint density at radius 1 is 1.43 bits per heavy atom. The molecule has 1 aliphatic carbocycles. The van der Waals surface area contributed by atoms with Crippen LogP contribution in [0.5, 0.6) is 0 Å². The molecule has 1 atom stereocenters. The van der Waals surface area contributed by atoms with E-state index in [9.17, 15) is 4.79 Å². The molecule has 2 heteroatoms. The van der Waals surface area contributed by atoms with Gasteiger partial charge in [0.2, 0.25) is 6.29 Å². The normalized spacial score (nSPS) is 25.5. The molecular weight excluding hydrogens is 174 g/mol. The molecule has 0 fully saturated rings. The average Bonchev–Trinajstić information content (AvgIpc) is 2.19. The molecule has 1 aromatic rings. The summed E-state index contributed by atoms with van der Waals surface area (Å²) in [6, 6.07) is 8.14. The van der Waals surface area contributed by atoms with E-state index in [2.05, 4.69) is 6.07 Å². The van der Waals surface area contributed by atoms with Gasteiger partial charge in [-0.25, -0.2) is 0 Å². The topological polar surface area (TPSA) is 43.1 Å². The lowest BCUT2D eigenvalue weighted by Gasteiger charge is -2.34. The summed E-state index contributed by atoms with van der Waals surface area (Å²) in [5.41, 5.74) is 8.18. The van der Waals surface area contributed by atoms with Crippen LogP contribution in [-0.2, 0) is 16.8 Å². The molecule has 2 N–H and O–H groups in total. The van der Waals surface area contributed by atoms with Gasteiger partial charge in [-0.2, -0.15) is 0 Å². The molecule has 0 saturated heterocycles. The Bertz CT molecular complexity index is 348. The van der Waals surface area contributed by atoms with Crippen molar-refractivity contribution in [2.75, 3.05) is 0 Å². The summed E-state index contributed by atoms with van der Waals surface area (Å²) in [5.74, 6) is 0. The van der Waals surface area contributed by atoms with Gasteiger partial charge in [-0.1, -0.05) is 24.3 Å². The Hall–Kier alpha value is -1.15. The first-order valence-electron chi connectivity index (χ1n) is 4.98. The lowest BCUT2D eigenvalue weighted by Crippen LogP contribution is -2.40. The molecule has 1 aromatic carbocycles. The number of fused-ring (bicyclic) bond motifs is 1. The Kier molecular flexibility index (Phi) is 2.38. The predicted molar refractivity (Wildman–Crippen MR) is 55.6 cm³/mol. The summed E-state index contributed by atoms with van der Waals surface area (Å²) < 4.78 is 0. The Balaban J connectivity index is 2.44. The van der Waals surface area contributed by atoms with Crippen LogP contribution in [0.25, 0.3) is 0 Å². The second-order valence-electron chi connectivity index (χ2n) is 3.99. The minimum atomic E-state index is -0.462. The van der Waals surface area contributed by atoms with Crippen molar-refractivity contribution >= 4 is 6.29 Å². The molecule has 1 unspecified atom stereocenters. The van der Waals surface area contributed by atoms with Crippen molar-refractivity contribution in [1.82, 2.24) is 0 Å². The van der Waals surface area contributed by atoms with Crippen LogP contribution in [0.15, 0.2) is 24.3 Å². The van der Waals surface area contributed by atoms with E-state index in [1.807, 2.05) is 24.5 Å². The van der Waals surface area contributed by atoms with Crippen molar-refractivity contribution in [2.45, 2.75) is 31.2 Å². The molecular formula is C12H14NO. The fourth-order valence-corrected chi connectivity index (χ4v) is 2.27. The van der Waals surface area contributed by atoms with Gasteiger partial charge in [-0.3, -0.25) is 4.79 Å². The van der Waals surface area contributed by atoms with Gasteiger partial charge in [0.1, 0.15) is 0 Å². The molecule has 0 saturated carbocycles. The quantitative estimate of drug-likeness (QED) is 0.767. The van der Waals surface area contributed by atoms with E-state index in [4.69, 9.17) is 5.73 Å². The number of hydrogen-bond acceptors (Lipinski definition) is 2. The lowest BCUT2D eigenvalue weighted by molar-refractivity contribution is 0.377. The fraction of sp³-hybridized carbons (Fsp3) is 0.417. The van der Waals surface area contributed by atoms with Crippen LogP contribution in [0.3, 0.4) is 0 Å². The first-order valence-corrected chi connectivity index (χ1v) is 4.98. The molecule has 2 rings (SSSR count). The number of rotatable bonds is 2. The molecule has 2 nitrogen and oxygen atoms in total. The number of nitrogens with two attached hydrogens (primary N) is 1. The zero-order chi connectivity index (χ0) is 10.0. The average molecular weight is 188 g/mol. The molecule has 0 amide bonds. The Morgan fingerprint density at radius 3 is 3.00 bits per heavy atom. The third kappa shape index (κ3) is 1.46. The molecule has 14 heavy (non-hydrogen) atoms. The van der Waals surface area contributed by atoms with Gasteiger partial charge in [-0.05, 0) is 30.4 Å². The maximum absolute atomic E-state index is 10.5.